The van der Waals surface area contributed by atoms with Gasteiger partial charge in [-0.2, -0.15) is 0 Å². The Morgan fingerprint density at radius 3 is 2.48 bits per heavy atom. The molecule has 0 atom stereocenters. The van der Waals surface area contributed by atoms with E-state index < -0.39 is 5.54 Å². The first-order valence-electron chi connectivity index (χ1n) is 7.20. The molecule has 0 radical (unpaired) electrons. The van der Waals surface area contributed by atoms with Crippen LogP contribution in [0.15, 0.2) is 36.4 Å². The number of rotatable bonds is 5. The number of nitrogens with two attached hydrogens (primary N) is 1. The van der Waals surface area contributed by atoms with E-state index in [1.54, 1.807) is 0 Å². The monoisotopic (exact) mass is 418 g/mol. The lowest BCUT2D eigenvalue weighted by Crippen LogP contribution is -2.44. The van der Waals surface area contributed by atoms with Crippen molar-refractivity contribution in [3.63, 3.8) is 0 Å². The van der Waals surface area contributed by atoms with Gasteiger partial charge in [-0.25, -0.2) is 4.98 Å². The summed E-state index contributed by atoms with van der Waals surface area (Å²) in [5, 5.41) is 6.95. The van der Waals surface area contributed by atoms with Gasteiger partial charge in [-0.1, -0.05) is 29.5 Å². The predicted molar refractivity (Wildman–Crippen MR) is 112 cm³/mol. The molecule has 2 aromatic heterocycles. The van der Waals surface area contributed by atoms with Gasteiger partial charge < -0.3 is 16.4 Å². The van der Waals surface area contributed by atoms with Gasteiger partial charge in [-0.3, -0.25) is 4.79 Å². The molecule has 1 aromatic carbocycles. The second-order valence-electron chi connectivity index (χ2n) is 5.96. The molecule has 1 amide bonds. The van der Waals surface area contributed by atoms with Gasteiger partial charge in [-0.05, 0) is 32.0 Å². The lowest BCUT2D eigenvalue weighted by molar-refractivity contribution is 0.0950. The van der Waals surface area contributed by atoms with Crippen molar-refractivity contribution in [1.82, 2.24) is 10.3 Å². The minimum atomic E-state index is -0.421. The Balaban J connectivity index is 0.00000156. The molecule has 0 unspecified atom stereocenters. The number of amides is 1. The van der Waals surface area contributed by atoms with Crippen molar-refractivity contribution < 1.29 is 4.79 Å². The number of thiophene rings is 1. The van der Waals surface area contributed by atoms with Crippen LogP contribution in [0.3, 0.4) is 0 Å². The molecule has 0 saturated carbocycles. The number of nitrogens with zero attached hydrogens (tertiary/aromatic N) is 1. The summed E-state index contributed by atoms with van der Waals surface area (Å²) >= 11 is 2.93. The minimum absolute atomic E-state index is 0. The Hall–Kier alpha value is -1.38. The Morgan fingerprint density at radius 1 is 1.20 bits per heavy atom. The van der Waals surface area contributed by atoms with Gasteiger partial charge in [0.25, 0.3) is 5.91 Å². The number of carbonyl (C=O) groups excluding carboxylic acids is 1. The topological polar surface area (TPSA) is 80.0 Å². The first-order chi connectivity index (χ1) is 10.9. The number of nitrogens with one attached hydrogen (secondary N) is 2. The molecule has 5 nitrogen and oxygen atoms in total. The molecular weight excluding hydrogens is 399 g/mol. The van der Waals surface area contributed by atoms with E-state index in [2.05, 4.69) is 15.6 Å². The lowest BCUT2D eigenvalue weighted by Gasteiger charge is -2.18. The number of thiazole rings is 1. The maximum Gasteiger partial charge on any atom is 0.261 e. The Labute approximate surface area is 166 Å². The van der Waals surface area contributed by atoms with Crippen molar-refractivity contribution >= 4 is 73.7 Å². The molecular formula is C16H20Cl2N4OS2. The van der Waals surface area contributed by atoms with Crippen LogP contribution in [-0.4, -0.2) is 23.0 Å². The van der Waals surface area contributed by atoms with Gasteiger partial charge >= 0.3 is 0 Å². The van der Waals surface area contributed by atoms with E-state index in [-0.39, 0.29) is 30.7 Å². The number of aromatic nitrogens is 1. The summed E-state index contributed by atoms with van der Waals surface area (Å²) < 4.78 is 1.01. The molecule has 4 N–H and O–H groups in total. The number of anilines is 2. The van der Waals surface area contributed by atoms with E-state index >= 15 is 0 Å². The van der Waals surface area contributed by atoms with Crippen LogP contribution in [0.25, 0.3) is 9.53 Å². The van der Waals surface area contributed by atoms with Gasteiger partial charge in [0.15, 0.2) is 5.13 Å². The van der Waals surface area contributed by atoms with E-state index in [0.29, 0.717) is 11.4 Å². The zero-order valence-corrected chi connectivity index (χ0v) is 17.0. The molecule has 0 aliphatic heterocycles. The van der Waals surface area contributed by atoms with Gasteiger partial charge in [-0.15, -0.1) is 36.2 Å². The SMILES string of the molecule is CC(C)(N)CNC(=O)c1cc2sc(Nc3ccccc3)nc2s1.Cl.Cl. The summed E-state index contributed by atoms with van der Waals surface area (Å²) in [6, 6.07) is 11.8. The second kappa shape index (κ2) is 8.82. The van der Waals surface area contributed by atoms with E-state index in [0.717, 1.165) is 20.3 Å². The number of fused-ring (bicyclic) bond motifs is 1. The lowest BCUT2D eigenvalue weighted by atomic mass is 10.1. The summed E-state index contributed by atoms with van der Waals surface area (Å²) in [6.07, 6.45) is 0. The van der Waals surface area contributed by atoms with Crippen molar-refractivity contribution in [3.05, 3.63) is 41.3 Å². The Kier molecular flexibility index (Phi) is 7.64. The average molecular weight is 419 g/mol. The van der Waals surface area contributed by atoms with Crippen molar-refractivity contribution in [3.8, 4) is 0 Å². The predicted octanol–water partition coefficient (Wildman–Crippen LogP) is 4.41. The summed E-state index contributed by atoms with van der Waals surface area (Å²) in [5.41, 5.74) is 6.46. The summed E-state index contributed by atoms with van der Waals surface area (Å²) in [5.74, 6) is -0.101. The highest BCUT2D eigenvalue weighted by atomic mass is 35.5. The third-order valence-corrected chi connectivity index (χ3v) is 5.12. The quantitative estimate of drug-likeness (QED) is 0.572. The van der Waals surface area contributed by atoms with Gasteiger partial charge in [0.05, 0.1) is 9.58 Å². The molecule has 0 saturated heterocycles. The van der Waals surface area contributed by atoms with Crippen LogP contribution in [0, 0.1) is 0 Å². The highest BCUT2D eigenvalue weighted by Gasteiger charge is 2.17. The number of para-hydroxylation sites is 1. The smallest absolute Gasteiger partial charge is 0.261 e. The van der Waals surface area contributed by atoms with Crippen LogP contribution >= 0.6 is 47.5 Å². The summed E-state index contributed by atoms with van der Waals surface area (Å²) in [7, 11) is 0. The van der Waals surface area contributed by atoms with Crippen LogP contribution in [-0.2, 0) is 0 Å². The maximum atomic E-state index is 12.1. The molecule has 0 aliphatic carbocycles. The van der Waals surface area contributed by atoms with Crippen LogP contribution in [0.2, 0.25) is 0 Å². The molecule has 25 heavy (non-hydrogen) atoms. The van der Waals surface area contributed by atoms with Crippen LogP contribution in [0.4, 0.5) is 10.8 Å². The van der Waals surface area contributed by atoms with Gasteiger partial charge in [0, 0.05) is 17.8 Å². The van der Waals surface area contributed by atoms with Gasteiger partial charge in [0.1, 0.15) is 4.83 Å². The first kappa shape index (κ1) is 21.7. The van der Waals surface area contributed by atoms with Crippen LogP contribution in [0.1, 0.15) is 23.5 Å². The molecule has 3 aromatic rings. The average Bonchev–Trinajstić information content (AvgIpc) is 3.03. The zero-order valence-electron chi connectivity index (χ0n) is 13.7. The third-order valence-electron chi connectivity index (χ3n) is 3.04. The molecule has 0 spiro atoms. The van der Waals surface area contributed by atoms with E-state index in [9.17, 15) is 4.79 Å². The fourth-order valence-electron chi connectivity index (χ4n) is 1.94. The summed E-state index contributed by atoms with van der Waals surface area (Å²) in [4.78, 5) is 18.2. The molecule has 2 heterocycles. The molecule has 3 rings (SSSR count). The number of hydrogen-bond acceptors (Lipinski definition) is 6. The molecule has 136 valence electrons. The minimum Gasteiger partial charge on any atom is -0.350 e. The fourth-order valence-corrected chi connectivity index (χ4v) is 3.99. The van der Waals surface area contributed by atoms with E-state index in [1.165, 1.54) is 22.7 Å². The highest BCUT2D eigenvalue weighted by molar-refractivity contribution is 7.29. The molecule has 0 bridgehead atoms. The molecule has 0 aliphatic rings. The van der Waals surface area contributed by atoms with E-state index in [1.807, 2.05) is 50.2 Å². The molecule has 9 heteroatoms. The normalized spacial score (nSPS) is 10.7. The fraction of sp³-hybridized carbons (Fsp3) is 0.250. The third kappa shape index (κ3) is 5.83. The van der Waals surface area contributed by atoms with Crippen molar-refractivity contribution in [2.75, 3.05) is 11.9 Å². The van der Waals surface area contributed by atoms with Crippen molar-refractivity contribution in [2.24, 2.45) is 5.73 Å². The maximum absolute atomic E-state index is 12.1. The Bertz CT molecular complexity index is 796. The number of benzene rings is 1. The number of hydrogen-bond donors (Lipinski definition) is 3. The highest BCUT2D eigenvalue weighted by Crippen LogP contribution is 2.34. The second-order valence-corrected chi connectivity index (χ2v) is 8.02. The zero-order chi connectivity index (χ0) is 16.4. The van der Waals surface area contributed by atoms with Crippen molar-refractivity contribution in [2.45, 2.75) is 19.4 Å². The Morgan fingerprint density at radius 2 is 1.88 bits per heavy atom. The number of carbonyl (C=O) groups is 1. The standard InChI is InChI=1S/C16H18N4OS2.2ClH/c1-16(2,17)9-18-13(21)11-8-12-14(22-11)20-15(23-12)19-10-6-4-3-5-7-10;;/h3-8H,9,17H2,1-2H3,(H,18,21)(H,19,20);2*1H. The van der Waals surface area contributed by atoms with Gasteiger partial charge in [0.2, 0.25) is 0 Å². The first-order valence-corrected chi connectivity index (χ1v) is 8.83. The number of halogens is 2. The largest absolute Gasteiger partial charge is 0.350 e. The van der Waals surface area contributed by atoms with Crippen LogP contribution < -0.4 is 16.4 Å². The van der Waals surface area contributed by atoms with Crippen LogP contribution in [0.5, 0.6) is 0 Å². The molecule has 0 fully saturated rings. The summed E-state index contributed by atoms with van der Waals surface area (Å²) in [6.45, 7) is 4.19. The van der Waals surface area contributed by atoms with Crippen molar-refractivity contribution in [1.29, 1.82) is 0 Å². The van der Waals surface area contributed by atoms with E-state index in [4.69, 9.17) is 5.73 Å².